The molecule has 0 aromatic carbocycles. The molecule has 186 valence electrons. The van der Waals surface area contributed by atoms with Crippen LogP contribution in [0.25, 0.3) is 0 Å². The maximum Gasteiger partial charge on any atom is 0.493 e. The highest BCUT2D eigenvalue weighted by atomic mass is 32.2. The first-order valence-corrected chi connectivity index (χ1v) is 11.4. The number of piperazine rings is 1. The number of fused-ring (bicyclic) bond motifs is 1. The second-order valence-electron chi connectivity index (χ2n) is 7.59. The molecule has 1 saturated heterocycles. The van der Waals surface area contributed by atoms with E-state index in [1.54, 1.807) is 31.3 Å². The monoisotopic (exact) mass is 509 g/mol. The van der Waals surface area contributed by atoms with Crippen LogP contribution in [0.2, 0.25) is 0 Å². The van der Waals surface area contributed by atoms with Gasteiger partial charge in [-0.3, -0.25) is 14.3 Å². The lowest BCUT2D eigenvalue weighted by Crippen LogP contribution is -2.61. The molecule has 0 amide bonds. The number of rotatable bonds is 5. The first-order valence-electron chi connectivity index (χ1n) is 10.6. The molecule has 14 heteroatoms. The Morgan fingerprint density at radius 1 is 1.31 bits per heavy atom. The minimum absolute atomic E-state index is 0.000807. The van der Waals surface area contributed by atoms with Gasteiger partial charge in [-0.15, -0.1) is 11.0 Å². The Hall–Kier alpha value is -3.28. The van der Waals surface area contributed by atoms with Crippen molar-refractivity contribution in [3.05, 3.63) is 34.7 Å². The quantitative estimate of drug-likeness (QED) is 0.468. The molecule has 1 atom stereocenters. The van der Waals surface area contributed by atoms with E-state index in [0.717, 1.165) is 16.8 Å². The zero-order valence-electron chi connectivity index (χ0n) is 18.9. The summed E-state index contributed by atoms with van der Waals surface area (Å²) < 4.78 is 40.9. The molecule has 4 heterocycles. The van der Waals surface area contributed by atoms with Gasteiger partial charge in [-0.25, -0.2) is 14.8 Å². The summed E-state index contributed by atoms with van der Waals surface area (Å²) in [5.74, 6) is 3.00. The molecule has 0 saturated carbocycles. The smallest absolute Gasteiger partial charge is 0.327 e. The van der Waals surface area contributed by atoms with E-state index in [2.05, 4.69) is 27.1 Å². The second kappa shape index (κ2) is 10.1. The van der Waals surface area contributed by atoms with Gasteiger partial charge in [0.25, 0.3) is 5.56 Å². The van der Waals surface area contributed by atoms with Crippen LogP contribution in [0.5, 0.6) is 0 Å². The highest BCUT2D eigenvalue weighted by Gasteiger charge is 2.50. The van der Waals surface area contributed by atoms with Crippen LogP contribution in [0, 0.1) is 11.8 Å². The molecule has 0 bridgehead atoms. The number of nitrogens with one attached hydrogen (secondary N) is 1. The number of hydrogen-bond acceptors (Lipinski definition) is 10. The van der Waals surface area contributed by atoms with Gasteiger partial charge in [-0.05, 0) is 30.8 Å². The van der Waals surface area contributed by atoms with Gasteiger partial charge in [-0.2, -0.15) is 13.2 Å². The van der Waals surface area contributed by atoms with Crippen molar-refractivity contribution < 1.29 is 22.8 Å². The Labute approximate surface area is 203 Å². The summed E-state index contributed by atoms with van der Waals surface area (Å²) in [5.41, 5.74) is -0.517. The van der Waals surface area contributed by atoms with Gasteiger partial charge in [0.05, 0.1) is 6.54 Å². The van der Waals surface area contributed by atoms with E-state index in [9.17, 15) is 22.8 Å². The van der Waals surface area contributed by atoms with Crippen LogP contribution in [-0.4, -0.2) is 70.6 Å². The number of nitrogens with zero attached hydrogens (tertiary/aromatic N) is 6. The van der Waals surface area contributed by atoms with Crippen LogP contribution >= 0.6 is 11.8 Å². The van der Waals surface area contributed by atoms with E-state index in [0.29, 0.717) is 31.2 Å². The largest absolute Gasteiger partial charge is 0.493 e. The van der Waals surface area contributed by atoms with Gasteiger partial charge < -0.3 is 15.1 Å². The van der Waals surface area contributed by atoms with Crippen molar-refractivity contribution in [2.24, 2.45) is 7.05 Å². The topological polar surface area (TPSA) is 95.8 Å². The third kappa shape index (κ3) is 5.07. The summed E-state index contributed by atoms with van der Waals surface area (Å²) in [6.45, 7) is 3.62. The van der Waals surface area contributed by atoms with E-state index in [1.165, 1.54) is 16.5 Å². The fourth-order valence-corrected chi connectivity index (χ4v) is 4.52. The molecule has 1 fully saturated rings. The van der Waals surface area contributed by atoms with Gasteiger partial charge in [0, 0.05) is 39.4 Å². The Kier molecular flexibility index (Phi) is 7.20. The van der Waals surface area contributed by atoms with E-state index >= 15 is 0 Å². The molecule has 1 N–H and O–H groups in total. The maximum absolute atomic E-state index is 13.5. The number of anilines is 2. The lowest BCUT2D eigenvalue weighted by molar-refractivity contribution is -0.203. The predicted octanol–water partition coefficient (Wildman–Crippen LogP) is 1.19. The van der Waals surface area contributed by atoms with E-state index < -0.39 is 24.0 Å². The van der Waals surface area contributed by atoms with Gasteiger partial charge in [0.2, 0.25) is 0 Å². The third-order valence-corrected chi connectivity index (χ3v) is 6.34. The van der Waals surface area contributed by atoms with Crippen molar-refractivity contribution in [2.75, 3.05) is 42.7 Å². The molecular formula is C21H22F3N7O3S. The average molecular weight is 510 g/mol. The molecule has 10 nitrogen and oxygen atoms in total. The molecule has 4 rings (SSSR count). The predicted molar refractivity (Wildman–Crippen MR) is 121 cm³/mol. The molecule has 1 unspecified atom stereocenters. The van der Waals surface area contributed by atoms with Crippen molar-refractivity contribution in [1.29, 1.82) is 0 Å². The number of pyridine rings is 1. The van der Waals surface area contributed by atoms with Crippen molar-refractivity contribution >= 4 is 29.2 Å². The second-order valence-corrected chi connectivity index (χ2v) is 8.58. The lowest BCUT2D eigenvalue weighted by atomic mass is 10.3. The SMILES string of the molecule is CC#CCN1c2c(nc(Sc3ccccn3)n(C)c2=O)N(OC(=O)C(F)(F)F)C1N1CCNCC1. The maximum atomic E-state index is 13.5. The highest BCUT2D eigenvalue weighted by Crippen LogP contribution is 2.39. The van der Waals surface area contributed by atoms with Crippen LogP contribution in [-0.2, 0) is 16.7 Å². The molecule has 0 radical (unpaired) electrons. The molecule has 0 spiro atoms. The summed E-state index contributed by atoms with van der Waals surface area (Å²) in [6.07, 6.45) is -4.71. The standard InChI is InChI=1S/C21H22F3N7O3S/c1-3-4-11-30-15-16(27-19(28(2)17(15)32)35-14-7-5-6-8-26-14)31(34-18(33)21(22,23)24)20(30)29-12-9-25-10-13-29/h5-8,20,25H,9-13H2,1-2H3. The molecule has 2 aromatic rings. The molecule has 2 aliphatic rings. The lowest BCUT2D eigenvalue weighted by Gasteiger charge is -2.40. The average Bonchev–Trinajstić information content (AvgIpc) is 3.14. The summed E-state index contributed by atoms with van der Waals surface area (Å²) in [7, 11) is 1.51. The van der Waals surface area contributed by atoms with Crippen LogP contribution in [0.1, 0.15) is 6.92 Å². The number of alkyl halides is 3. The summed E-state index contributed by atoms with van der Waals surface area (Å²) in [6, 6.07) is 5.18. The number of halogens is 3. The Balaban J connectivity index is 1.85. The van der Waals surface area contributed by atoms with Crippen molar-refractivity contribution in [2.45, 2.75) is 29.6 Å². The fraction of sp³-hybridized carbons (Fsp3) is 0.429. The molecule has 0 aliphatic carbocycles. The van der Waals surface area contributed by atoms with E-state index in [1.807, 2.05) is 4.90 Å². The zero-order valence-corrected chi connectivity index (χ0v) is 19.7. The minimum atomic E-state index is -5.24. The number of aromatic nitrogens is 3. The highest BCUT2D eigenvalue weighted by molar-refractivity contribution is 7.99. The number of carbonyl (C=O) groups is 1. The van der Waals surface area contributed by atoms with Crippen LogP contribution in [0.15, 0.2) is 39.4 Å². The Morgan fingerprint density at radius 3 is 2.69 bits per heavy atom. The zero-order chi connectivity index (χ0) is 25.2. The van der Waals surface area contributed by atoms with Gasteiger partial charge in [-0.1, -0.05) is 12.0 Å². The number of carbonyl (C=O) groups excluding carboxylic acids is 1. The van der Waals surface area contributed by atoms with Crippen LogP contribution in [0.4, 0.5) is 24.7 Å². The van der Waals surface area contributed by atoms with Crippen LogP contribution in [0.3, 0.4) is 0 Å². The van der Waals surface area contributed by atoms with Gasteiger partial charge in [0.15, 0.2) is 23.0 Å². The molecule has 2 aliphatic heterocycles. The van der Waals surface area contributed by atoms with Crippen LogP contribution < -0.4 is 20.8 Å². The Bertz CT molecular complexity index is 1210. The summed E-state index contributed by atoms with van der Waals surface area (Å²) >= 11 is 1.06. The molecule has 35 heavy (non-hydrogen) atoms. The van der Waals surface area contributed by atoms with Crippen molar-refractivity contribution in [3.63, 3.8) is 0 Å². The number of hydroxylamine groups is 1. The summed E-state index contributed by atoms with van der Waals surface area (Å²) in [5, 5.41) is 4.64. The van der Waals surface area contributed by atoms with E-state index in [-0.39, 0.29) is 23.2 Å². The molecular weight excluding hydrogens is 487 g/mol. The first kappa shape index (κ1) is 24.8. The number of hydrogen-bond donors (Lipinski definition) is 1. The van der Waals surface area contributed by atoms with Crippen molar-refractivity contribution in [3.8, 4) is 11.8 Å². The Morgan fingerprint density at radius 2 is 2.06 bits per heavy atom. The third-order valence-electron chi connectivity index (χ3n) is 5.34. The molecule has 2 aromatic heterocycles. The normalized spacial score (nSPS) is 18.1. The summed E-state index contributed by atoms with van der Waals surface area (Å²) in [4.78, 5) is 42.2. The fourth-order valence-electron chi connectivity index (χ4n) is 3.72. The minimum Gasteiger partial charge on any atom is -0.327 e. The van der Waals surface area contributed by atoms with E-state index in [4.69, 9.17) is 4.84 Å². The first-order chi connectivity index (χ1) is 16.7. The van der Waals surface area contributed by atoms with Crippen molar-refractivity contribution in [1.82, 2.24) is 24.8 Å². The van der Waals surface area contributed by atoms with Gasteiger partial charge in [0.1, 0.15) is 5.03 Å². The van der Waals surface area contributed by atoms with Gasteiger partial charge >= 0.3 is 12.1 Å².